The average molecular weight is 465 g/mol. The van der Waals surface area contributed by atoms with Crippen LogP contribution >= 0.6 is 0 Å². The molecule has 0 heterocycles. The molecule has 0 aliphatic heterocycles. The molecule has 0 saturated heterocycles. The molecule has 33 heavy (non-hydrogen) atoms. The number of hydrogen-bond donors (Lipinski definition) is 2. The van der Waals surface area contributed by atoms with Crippen molar-refractivity contribution < 1.29 is 53.7 Å². The van der Waals surface area contributed by atoms with Gasteiger partial charge in [-0.2, -0.15) is 0 Å². The summed E-state index contributed by atoms with van der Waals surface area (Å²) < 4.78 is 11.2. The van der Waals surface area contributed by atoms with Crippen molar-refractivity contribution in [2.75, 3.05) is 30.4 Å². The summed E-state index contributed by atoms with van der Waals surface area (Å²) in [6.07, 6.45) is 3.05. The van der Waals surface area contributed by atoms with E-state index in [0.29, 0.717) is 37.3 Å². The summed E-state index contributed by atoms with van der Waals surface area (Å²) in [5.74, 6) is -1.72. The van der Waals surface area contributed by atoms with Gasteiger partial charge in [-0.05, 0) is 50.5 Å². The molecule has 2 aromatic rings. The summed E-state index contributed by atoms with van der Waals surface area (Å²) in [5.41, 5.74) is 2.27. The number of para-hydroxylation sites is 1. The molecule has 2 N–H and O–H groups in total. The van der Waals surface area contributed by atoms with Crippen molar-refractivity contribution in [2.24, 2.45) is 0 Å². The number of rotatable bonds is 14. The van der Waals surface area contributed by atoms with Gasteiger partial charge in [0, 0.05) is 37.4 Å². The maximum atomic E-state index is 13.1. The maximum absolute atomic E-state index is 13.1. The van der Waals surface area contributed by atoms with Crippen LogP contribution in [0, 0.1) is 0 Å². The zero-order chi connectivity index (χ0) is 23.3. The molecule has 8 heteroatoms. The van der Waals surface area contributed by atoms with Gasteiger partial charge >= 0.3 is 29.6 Å². The third kappa shape index (κ3) is 9.47. The van der Waals surface area contributed by atoms with E-state index >= 15 is 0 Å². The number of carbonyl (C=O) groups excluding carboxylic acids is 2. The molecule has 0 spiro atoms. The molecule has 0 unspecified atom stereocenters. The Hall–Kier alpha value is -1.90. The molecule has 2 rings (SSSR count). The van der Waals surface area contributed by atoms with Crippen LogP contribution in [-0.4, -0.2) is 37.9 Å². The van der Waals surface area contributed by atoms with Gasteiger partial charge in [-0.3, -0.25) is 4.79 Å². The van der Waals surface area contributed by atoms with Crippen LogP contribution in [0.1, 0.15) is 66.3 Å². The van der Waals surface area contributed by atoms with Crippen molar-refractivity contribution in [1.29, 1.82) is 0 Å². The van der Waals surface area contributed by atoms with Crippen molar-refractivity contribution in [3.05, 3.63) is 59.2 Å². The van der Waals surface area contributed by atoms with Gasteiger partial charge in [-0.1, -0.05) is 37.6 Å². The van der Waals surface area contributed by atoms with Gasteiger partial charge < -0.3 is 30.0 Å². The summed E-state index contributed by atoms with van der Waals surface area (Å²) in [6, 6.07) is 11.9. The van der Waals surface area contributed by atoms with Crippen LogP contribution in [-0.2, 0) is 15.9 Å². The van der Waals surface area contributed by atoms with Gasteiger partial charge in [0.25, 0.3) is 5.91 Å². The molecule has 1 amide bonds. The van der Waals surface area contributed by atoms with Crippen LogP contribution in [0.4, 0.5) is 11.4 Å². The Morgan fingerprint density at radius 3 is 2.30 bits per heavy atom. The van der Waals surface area contributed by atoms with Crippen molar-refractivity contribution in [3.63, 3.8) is 0 Å². The van der Waals surface area contributed by atoms with Crippen molar-refractivity contribution in [2.45, 2.75) is 52.7 Å². The number of benzene rings is 2. The van der Waals surface area contributed by atoms with E-state index in [1.165, 1.54) is 6.07 Å². The Kier molecular flexibility index (Phi) is 14.0. The van der Waals surface area contributed by atoms with Gasteiger partial charge in [0.2, 0.25) is 0 Å². The molecule has 0 bridgehead atoms. The van der Waals surface area contributed by atoms with Gasteiger partial charge in [-0.25, -0.2) is 0 Å². The van der Waals surface area contributed by atoms with Crippen LogP contribution in [0.2, 0.25) is 0 Å². The molecule has 7 nitrogen and oxygen atoms in total. The number of carboxylic acids is 1. The van der Waals surface area contributed by atoms with E-state index in [9.17, 15) is 14.7 Å². The largest absolute Gasteiger partial charge is 1.00 e. The van der Waals surface area contributed by atoms with Crippen LogP contribution in [0.25, 0.3) is 0 Å². The molecule has 0 radical (unpaired) electrons. The molecule has 0 aliphatic rings. The predicted octanol–water partition coefficient (Wildman–Crippen LogP) is 0.850. The van der Waals surface area contributed by atoms with E-state index < -0.39 is 5.97 Å². The van der Waals surface area contributed by atoms with Gasteiger partial charge in [0.1, 0.15) is 0 Å². The van der Waals surface area contributed by atoms with Crippen molar-refractivity contribution in [1.82, 2.24) is 0 Å². The van der Waals surface area contributed by atoms with Crippen LogP contribution < -0.4 is 45.3 Å². The topological polar surface area (TPSA) is 99.7 Å². The van der Waals surface area contributed by atoms with Gasteiger partial charge in [0.05, 0.1) is 17.2 Å². The zero-order valence-corrected chi connectivity index (χ0v) is 22.1. The number of anilines is 2. The molecular weight excluding hydrogens is 431 g/mol. The van der Waals surface area contributed by atoms with Crippen LogP contribution in [0.3, 0.4) is 0 Å². The Balaban J connectivity index is 0.00000544. The minimum Gasteiger partial charge on any atom is -0.545 e. The first-order chi connectivity index (χ1) is 15.5. The SMILES string of the molecule is CCCCNc1ccc(CCC(OCC)OCC)cc1C(=O)Nc1ccccc1C(=O)[O-].[Na+]. The normalized spacial score (nSPS) is 10.5. The Morgan fingerprint density at radius 1 is 0.970 bits per heavy atom. The number of hydrogen-bond acceptors (Lipinski definition) is 6. The number of ether oxygens (including phenoxy) is 2. The molecule has 0 fully saturated rings. The van der Waals surface area contributed by atoms with E-state index in [0.717, 1.165) is 24.9 Å². The fourth-order valence-electron chi connectivity index (χ4n) is 3.32. The number of unbranched alkanes of at least 4 members (excludes halogenated alkanes) is 1. The monoisotopic (exact) mass is 464 g/mol. The fourth-order valence-corrected chi connectivity index (χ4v) is 3.32. The van der Waals surface area contributed by atoms with E-state index in [1.54, 1.807) is 18.2 Å². The zero-order valence-electron chi connectivity index (χ0n) is 20.1. The van der Waals surface area contributed by atoms with Crippen LogP contribution in [0.15, 0.2) is 42.5 Å². The minimum absolute atomic E-state index is 0. The first-order valence-electron chi connectivity index (χ1n) is 11.2. The number of nitrogens with one attached hydrogen (secondary N) is 2. The third-order valence-electron chi connectivity index (χ3n) is 4.94. The van der Waals surface area contributed by atoms with E-state index in [4.69, 9.17) is 9.47 Å². The van der Waals surface area contributed by atoms with Gasteiger partial charge in [0.15, 0.2) is 6.29 Å². The second-order valence-corrected chi connectivity index (χ2v) is 7.33. The molecular formula is C25H33N2NaO5. The number of aromatic carboxylic acids is 1. The Morgan fingerprint density at radius 2 is 1.67 bits per heavy atom. The first kappa shape index (κ1) is 29.1. The van der Waals surface area contributed by atoms with E-state index in [-0.39, 0.29) is 53.0 Å². The van der Waals surface area contributed by atoms with Crippen molar-refractivity contribution in [3.8, 4) is 0 Å². The summed E-state index contributed by atoms with van der Waals surface area (Å²) in [5, 5.41) is 17.4. The molecule has 0 aliphatic carbocycles. The smallest absolute Gasteiger partial charge is 0.545 e. The summed E-state index contributed by atoms with van der Waals surface area (Å²) in [6.45, 7) is 7.82. The third-order valence-corrected chi connectivity index (χ3v) is 4.94. The van der Waals surface area contributed by atoms with Gasteiger partial charge in [-0.15, -0.1) is 0 Å². The maximum Gasteiger partial charge on any atom is 1.00 e. The van der Waals surface area contributed by atoms with E-state index in [1.807, 2.05) is 32.0 Å². The number of amides is 1. The van der Waals surface area contributed by atoms with Crippen LogP contribution in [0.5, 0.6) is 0 Å². The predicted molar refractivity (Wildman–Crippen MR) is 124 cm³/mol. The minimum atomic E-state index is -1.34. The average Bonchev–Trinajstić information content (AvgIpc) is 2.78. The standard InChI is InChI=1S/C25H34N2O5.Na/c1-4-7-16-26-21-14-12-18(13-15-23(31-5-2)32-6-3)17-20(21)24(28)27-22-11-9-8-10-19(22)25(29)30;/h8-12,14,17,23,26H,4-7,13,15-16H2,1-3H3,(H,27,28)(H,29,30);/q;+1/p-1. The fraction of sp³-hybridized carbons (Fsp3) is 0.440. The molecule has 174 valence electrons. The first-order valence-corrected chi connectivity index (χ1v) is 11.2. The number of carbonyl (C=O) groups is 2. The summed E-state index contributed by atoms with van der Waals surface area (Å²) >= 11 is 0. The Bertz CT molecular complexity index is 885. The summed E-state index contributed by atoms with van der Waals surface area (Å²) in [7, 11) is 0. The second kappa shape index (κ2) is 15.9. The molecule has 0 aromatic heterocycles. The molecule has 2 aromatic carbocycles. The quantitative estimate of drug-likeness (QED) is 0.244. The molecule has 0 saturated carbocycles. The Labute approximate surface area is 218 Å². The van der Waals surface area contributed by atoms with E-state index in [2.05, 4.69) is 17.6 Å². The number of aryl methyl sites for hydroxylation is 1. The number of carboxylic acid groups (broad SMARTS) is 1. The molecule has 0 atom stereocenters. The van der Waals surface area contributed by atoms with Crippen molar-refractivity contribution >= 4 is 23.3 Å². The second-order valence-electron chi connectivity index (χ2n) is 7.33. The summed E-state index contributed by atoms with van der Waals surface area (Å²) in [4.78, 5) is 24.5.